The molecule has 0 aliphatic carbocycles. The molecule has 0 amide bonds. The van der Waals surface area contributed by atoms with Crippen molar-refractivity contribution < 1.29 is 14.6 Å². The van der Waals surface area contributed by atoms with E-state index in [1.54, 1.807) is 0 Å². The Labute approximate surface area is 131 Å². The van der Waals surface area contributed by atoms with Gasteiger partial charge in [0.25, 0.3) is 0 Å². The topological polar surface area (TPSA) is 50.7 Å². The third-order valence-electron chi connectivity index (χ3n) is 3.65. The number of ether oxygens (including phenoxy) is 2. The highest BCUT2D eigenvalue weighted by Crippen LogP contribution is 2.19. The van der Waals surface area contributed by atoms with E-state index in [0.29, 0.717) is 24.3 Å². The fourth-order valence-corrected chi connectivity index (χ4v) is 2.49. The fraction of sp³-hybridized carbons (Fsp3) is 0.625. The number of hydrogen-bond donors (Lipinski definition) is 2. The van der Waals surface area contributed by atoms with Crippen LogP contribution in [0.15, 0.2) is 24.3 Å². The first-order valence-corrected chi connectivity index (χ1v) is 7.90. The van der Waals surface area contributed by atoms with Crippen molar-refractivity contribution in [3.05, 3.63) is 34.9 Å². The van der Waals surface area contributed by atoms with Crippen LogP contribution in [0.25, 0.3) is 0 Å². The Hall–Kier alpha value is -0.650. The van der Waals surface area contributed by atoms with E-state index in [2.05, 4.69) is 5.32 Å². The highest BCUT2D eigenvalue weighted by molar-refractivity contribution is 6.30. The molecule has 0 saturated carbocycles. The summed E-state index contributed by atoms with van der Waals surface area (Å²) < 4.78 is 11.2. The molecule has 1 heterocycles. The van der Waals surface area contributed by atoms with Crippen molar-refractivity contribution in [1.29, 1.82) is 0 Å². The van der Waals surface area contributed by atoms with Crippen molar-refractivity contribution >= 4 is 11.6 Å². The van der Waals surface area contributed by atoms with Crippen molar-refractivity contribution in [2.45, 2.75) is 38.1 Å². The molecule has 118 valence electrons. The van der Waals surface area contributed by atoms with Gasteiger partial charge in [0.2, 0.25) is 0 Å². The van der Waals surface area contributed by atoms with Crippen LogP contribution in [-0.2, 0) is 9.47 Å². The van der Waals surface area contributed by atoms with Crippen molar-refractivity contribution in [1.82, 2.24) is 5.32 Å². The van der Waals surface area contributed by atoms with Gasteiger partial charge in [0.1, 0.15) is 0 Å². The van der Waals surface area contributed by atoms with Crippen LogP contribution in [0, 0.1) is 0 Å². The summed E-state index contributed by atoms with van der Waals surface area (Å²) in [6.07, 6.45) is 1.96. The number of hydrogen-bond acceptors (Lipinski definition) is 4. The highest BCUT2D eigenvalue weighted by atomic mass is 35.5. The van der Waals surface area contributed by atoms with Gasteiger partial charge in [-0.15, -0.1) is 0 Å². The molecule has 0 bridgehead atoms. The maximum absolute atomic E-state index is 9.91. The van der Waals surface area contributed by atoms with E-state index in [0.717, 1.165) is 31.6 Å². The summed E-state index contributed by atoms with van der Waals surface area (Å²) >= 11 is 5.86. The molecular weight excluding hydrogens is 290 g/mol. The summed E-state index contributed by atoms with van der Waals surface area (Å²) in [5.74, 6) is 0. The predicted molar refractivity (Wildman–Crippen MR) is 83.7 cm³/mol. The van der Waals surface area contributed by atoms with Gasteiger partial charge in [-0.05, 0) is 37.5 Å². The molecule has 0 radical (unpaired) electrons. The monoisotopic (exact) mass is 313 g/mol. The van der Waals surface area contributed by atoms with E-state index in [1.807, 2.05) is 31.2 Å². The van der Waals surface area contributed by atoms with Gasteiger partial charge in [-0.2, -0.15) is 0 Å². The van der Waals surface area contributed by atoms with Crippen molar-refractivity contribution in [3.63, 3.8) is 0 Å². The van der Waals surface area contributed by atoms with Crippen LogP contribution >= 0.6 is 11.6 Å². The minimum Gasteiger partial charge on any atom is -0.389 e. The molecule has 5 heteroatoms. The average molecular weight is 314 g/mol. The van der Waals surface area contributed by atoms with E-state index in [4.69, 9.17) is 21.1 Å². The lowest BCUT2D eigenvalue weighted by molar-refractivity contribution is -0.00321. The molecule has 1 aliphatic rings. The van der Waals surface area contributed by atoms with Gasteiger partial charge in [-0.25, -0.2) is 0 Å². The second-order valence-electron chi connectivity index (χ2n) is 5.47. The second kappa shape index (κ2) is 8.71. The zero-order chi connectivity index (χ0) is 15.1. The molecule has 1 aromatic carbocycles. The van der Waals surface area contributed by atoms with Gasteiger partial charge in [0.05, 0.1) is 24.9 Å². The molecule has 3 atom stereocenters. The van der Waals surface area contributed by atoms with Crippen molar-refractivity contribution in [3.8, 4) is 0 Å². The van der Waals surface area contributed by atoms with Crippen LogP contribution < -0.4 is 5.32 Å². The lowest BCUT2D eigenvalue weighted by Gasteiger charge is -2.18. The van der Waals surface area contributed by atoms with Gasteiger partial charge >= 0.3 is 0 Å². The molecule has 1 saturated heterocycles. The van der Waals surface area contributed by atoms with Crippen LogP contribution in [0.2, 0.25) is 5.02 Å². The van der Waals surface area contributed by atoms with Crippen LogP contribution in [0.3, 0.4) is 0 Å². The van der Waals surface area contributed by atoms with E-state index in [1.165, 1.54) is 0 Å². The lowest BCUT2D eigenvalue weighted by atomic mass is 10.1. The van der Waals surface area contributed by atoms with Crippen molar-refractivity contribution in [2.24, 2.45) is 0 Å². The van der Waals surface area contributed by atoms with E-state index in [9.17, 15) is 5.11 Å². The van der Waals surface area contributed by atoms with E-state index >= 15 is 0 Å². The zero-order valence-corrected chi connectivity index (χ0v) is 13.2. The third kappa shape index (κ3) is 5.93. The van der Waals surface area contributed by atoms with Crippen molar-refractivity contribution in [2.75, 3.05) is 26.3 Å². The molecule has 21 heavy (non-hydrogen) atoms. The zero-order valence-electron chi connectivity index (χ0n) is 12.4. The molecule has 2 rings (SSSR count). The van der Waals surface area contributed by atoms with E-state index in [-0.39, 0.29) is 6.10 Å². The molecule has 3 unspecified atom stereocenters. The Kier molecular flexibility index (Phi) is 6.93. The Morgan fingerprint density at radius 3 is 2.86 bits per heavy atom. The Morgan fingerprint density at radius 2 is 2.19 bits per heavy atom. The molecule has 0 spiro atoms. The van der Waals surface area contributed by atoms with Gasteiger partial charge in [-0.3, -0.25) is 0 Å². The normalized spacial score (nSPS) is 21.4. The standard InChI is InChI=1S/C16H24ClNO3/c1-12(13-4-6-14(17)7-5-13)21-11-15(19)9-18-10-16-3-2-8-20-16/h4-7,12,15-16,18-19H,2-3,8-11H2,1H3. The summed E-state index contributed by atoms with van der Waals surface area (Å²) in [5.41, 5.74) is 1.05. The summed E-state index contributed by atoms with van der Waals surface area (Å²) in [6, 6.07) is 7.57. The first-order chi connectivity index (χ1) is 10.1. The number of aliphatic hydroxyl groups is 1. The predicted octanol–water partition coefficient (Wildman–Crippen LogP) is 2.55. The lowest BCUT2D eigenvalue weighted by Crippen LogP contribution is -2.35. The maximum Gasteiger partial charge on any atom is 0.0897 e. The minimum atomic E-state index is -0.513. The maximum atomic E-state index is 9.91. The Morgan fingerprint density at radius 1 is 1.43 bits per heavy atom. The Balaban J connectivity index is 1.61. The summed E-state index contributed by atoms with van der Waals surface area (Å²) in [4.78, 5) is 0. The molecule has 4 nitrogen and oxygen atoms in total. The first-order valence-electron chi connectivity index (χ1n) is 7.52. The Bertz CT molecular complexity index is 406. The van der Waals surface area contributed by atoms with Crippen LogP contribution in [-0.4, -0.2) is 43.6 Å². The fourth-order valence-electron chi connectivity index (χ4n) is 2.36. The van der Waals surface area contributed by atoms with Gasteiger partial charge in [0, 0.05) is 24.7 Å². The minimum absolute atomic E-state index is 0.0601. The average Bonchev–Trinajstić information content (AvgIpc) is 2.99. The first kappa shape index (κ1) is 16.7. The highest BCUT2D eigenvalue weighted by Gasteiger charge is 2.15. The molecule has 2 N–H and O–H groups in total. The molecular formula is C16H24ClNO3. The number of nitrogens with one attached hydrogen (secondary N) is 1. The molecule has 1 aromatic rings. The summed E-state index contributed by atoms with van der Waals surface area (Å²) in [6.45, 7) is 4.45. The van der Waals surface area contributed by atoms with Gasteiger partial charge in [-0.1, -0.05) is 23.7 Å². The summed E-state index contributed by atoms with van der Waals surface area (Å²) in [7, 11) is 0. The smallest absolute Gasteiger partial charge is 0.0897 e. The quantitative estimate of drug-likeness (QED) is 0.774. The largest absolute Gasteiger partial charge is 0.389 e. The number of rotatable bonds is 8. The third-order valence-corrected chi connectivity index (χ3v) is 3.91. The summed E-state index contributed by atoms with van der Waals surface area (Å²) in [5, 5.41) is 13.9. The molecule has 0 aromatic heterocycles. The van der Waals surface area contributed by atoms with Crippen LogP contribution in [0.5, 0.6) is 0 Å². The van der Waals surface area contributed by atoms with Gasteiger partial charge < -0.3 is 19.9 Å². The second-order valence-corrected chi connectivity index (χ2v) is 5.91. The SMILES string of the molecule is CC(OCC(O)CNCC1CCCO1)c1ccc(Cl)cc1. The van der Waals surface area contributed by atoms with Crippen LogP contribution in [0.4, 0.5) is 0 Å². The number of halogens is 1. The number of benzene rings is 1. The van der Waals surface area contributed by atoms with Crippen LogP contribution in [0.1, 0.15) is 31.4 Å². The van der Waals surface area contributed by atoms with Gasteiger partial charge in [0.15, 0.2) is 0 Å². The molecule has 1 aliphatic heterocycles. The molecule has 1 fully saturated rings. The van der Waals surface area contributed by atoms with E-state index < -0.39 is 6.10 Å². The number of aliphatic hydroxyl groups excluding tert-OH is 1.